The Kier molecular flexibility index (Phi) is 37.1. The van der Waals surface area contributed by atoms with E-state index in [0.717, 1.165) is 83.8 Å². The van der Waals surface area contributed by atoms with Crippen LogP contribution in [0.3, 0.4) is 0 Å². The van der Waals surface area contributed by atoms with E-state index in [4.69, 9.17) is 0 Å². The molecule has 0 amide bonds. The van der Waals surface area contributed by atoms with Crippen LogP contribution < -0.4 is 0 Å². The number of pyridine rings is 1. The largest absolute Gasteiger partial charge is 0.301 e. The lowest BCUT2D eigenvalue weighted by atomic mass is 9.86. The summed E-state index contributed by atoms with van der Waals surface area (Å²) in [5, 5.41) is 0. The zero-order valence-corrected chi connectivity index (χ0v) is 55.7. The van der Waals surface area contributed by atoms with Gasteiger partial charge >= 0.3 is 0 Å². The van der Waals surface area contributed by atoms with Crippen molar-refractivity contribution in [1.82, 2.24) is 24.8 Å². The Morgan fingerprint density at radius 1 is 0.423 bits per heavy atom. The van der Waals surface area contributed by atoms with Crippen LogP contribution >= 0.6 is 0 Å². The van der Waals surface area contributed by atoms with Crippen LogP contribution in [-0.2, 0) is 25.7 Å². The van der Waals surface area contributed by atoms with Gasteiger partial charge in [-0.05, 0) is 217 Å². The molecule has 2 aromatic carbocycles. The van der Waals surface area contributed by atoms with E-state index < -0.39 is 0 Å². The average Bonchev–Trinajstić information content (AvgIpc) is 3.90. The second-order valence-electron chi connectivity index (χ2n) is 27.5. The van der Waals surface area contributed by atoms with E-state index in [2.05, 4.69) is 258 Å². The molecule has 78 heavy (non-hydrogen) atoms. The second kappa shape index (κ2) is 39.9. The maximum absolute atomic E-state index is 4.64. The summed E-state index contributed by atoms with van der Waals surface area (Å²) in [6, 6.07) is 27.9. The number of rotatable bonds is 19. The van der Waals surface area contributed by atoms with Gasteiger partial charge in [0.2, 0.25) is 0 Å². The molecule has 4 heterocycles. The molecular weight excluding hydrogens is 947 g/mol. The lowest BCUT2D eigenvalue weighted by Crippen LogP contribution is -2.39. The molecule has 1 unspecified atom stereocenters. The van der Waals surface area contributed by atoms with Crippen molar-refractivity contribution in [2.24, 2.45) is 47.3 Å². The Bertz CT molecular complexity index is 1890. The van der Waals surface area contributed by atoms with Crippen molar-refractivity contribution in [3.05, 3.63) is 124 Å². The third-order valence-electron chi connectivity index (χ3n) is 15.8. The topological polar surface area (TPSA) is 45.2 Å². The van der Waals surface area contributed by atoms with Gasteiger partial charge in [0, 0.05) is 48.3 Å². The predicted octanol–water partition coefficient (Wildman–Crippen LogP) is 20.5. The number of aryl methyl sites for hydroxylation is 3. The number of hydrogen-bond donors (Lipinski definition) is 0. The van der Waals surface area contributed by atoms with E-state index in [1.54, 1.807) is 0 Å². The molecule has 5 heteroatoms. The van der Waals surface area contributed by atoms with Crippen molar-refractivity contribution in [1.29, 1.82) is 0 Å². The molecule has 0 saturated carbocycles. The standard InChI is InChI=1S/C14H22.C13H21N.C13H20.C12H20N2.C11H23N.C10H21N/c1-11(2)8-9-13-6-5-7-14(10-13)12(3)4;1-10(2)8-9-12-6-5-7-13(14-12)11(3)4;1-10(2)9-12-5-7-13(8-6-12)11(3)4;1-9(2)5-6-12-13-8-7-11(14-12)10(3)4;1-9(2)11-5-7-12(8-6-11)10(3)4;1-8(2)10-5-6-11(7-10)9(3)4/h5-7,10-12H,8-9H2,1-4H3;5-7,10-11H,8-9H2,1-4H3;5-8,10-11H,9H2,1-4H3;7-10H,5-6H2,1-4H3;9-11H,5-8H2,1-4H3;8-10H,5-7H2,1-4H3. The van der Waals surface area contributed by atoms with E-state index in [9.17, 15) is 0 Å². The summed E-state index contributed by atoms with van der Waals surface area (Å²) in [5.74, 6) is 10.1. The molecule has 2 aliphatic heterocycles. The fourth-order valence-corrected chi connectivity index (χ4v) is 9.67. The molecule has 6 rings (SSSR count). The normalized spacial score (nSPS) is 15.3. The minimum Gasteiger partial charge on any atom is -0.301 e. The molecule has 4 aromatic rings. The van der Waals surface area contributed by atoms with Crippen LogP contribution in [0.5, 0.6) is 0 Å². The quantitative estimate of drug-likeness (QED) is 0.0936. The average molecular weight is 1070 g/mol. The first-order valence-corrected chi connectivity index (χ1v) is 32.0. The Labute approximate surface area is 486 Å². The first-order chi connectivity index (χ1) is 36.6. The zero-order valence-electron chi connectivity index (χ0n) is 55.7. The number of piperidine rings is 1. The lowest BCUT2D eigenvalue weighted by molar-refractivity contribution is 0.129. The van der Waals surface area contributed by atoms with Crippen molar-refractivity contribution in [2.75, 3.05) is 26.2 Å². The second-order valence-corrected chi connectivity index (χ2v) is 27.5. The fraction of sp³-hybridized carbons (Fsp3) is 0.712. The highest BCUT2D eigenvalue weighted by Crippen LogP contribution is 2.26. The Morgan fingerprint density at radius 3 is 1.37 bits per heavy atom. The molecule has 5 nitrogen and oxygen atoms in total. The molecule has 0 radical (unpaired) electrons. The van der Waals surface area contributed by atoms with Gasteiger partial charge in [0.05, 0.1) is 0 Å². The van der Waals surface area contributed by atoms with Crippen LogP contribution in [0, 0.1) is 47.3 Å². The minimum atomic E-state index is 0.496. The molecule has 2 aliphatic rings. The van der Waals surface area contributed by atoms with E-state index in [0.29, 0.717) is 23.7 Å². The Hall–Kier alpha value is -3.41. The van der Waals surface area contributed by atoms with Gasteiger partial charge in [-0.1, -0.05) is 193 Å². The molecule has 0 N–H and O–H groups in total. The van der Waals surface area contributed by atoms with Crippen molar-refractivity contribution in [3.8, 4) is 0 Å². The van der Waals surface area contributed by atoms with Crippen molar-refractivity contribution in [3.63, 3.8) is 0 Å². The summed E-state index contributed by atoms with van der Waals surface area (Å²) < 4.78 is 0. The highest BCUT2D eigenvalue weighted by Gasteiger charge is 2.26. The van der Waals surface area contributed by atoms with E-state index in [1.165, 1.54) is 111 Å². The smallest absolute Gasteiger partial charge is 0.128 e. The lowest BCUT2D eigenvalue weighted by Gasteiger charge is -2.36. The fourth-order valence-electron chi connectivity index (χ4n) is 9.67. The van der Waals surface area contributed by atoms with Gasteiger partial charge < -0.3 is 9.80 Å². The van der Waals surface area contributed by atoms with Gasteiger partial charge in [-0.25, -0.2) is 9.97 Å². The summed E-state index contributed by atoms with van der Waals surface area (Å²) in [7, 11) is 0. The molecule has 2 saturated heterocycles. The van der Waals surface area contributed by atoms with Crippen LogP contribution in [0.25, 0.3) is 0 Å². The van der Waals surface area contributed by atoms with Gasteiger partial charge in [0.25, 0.3) is 0 Å². The van der Waals surface area contributed by atoms with E-state index in [-0.39, 0.29) is 0 Å². The molecule has 2 fully saturated rings. The Balaban J connectivity index is 0.000000469. The Morgan fingerprint density at radius 2 is 0.910 bits per heavy atom. The first-order valence-electron chi connectivity index (χ1n) is 32.0. The summed E-state index contributed by atoms with van der Waals surface area (Å²) in [6.07, 6.45) is 14.3. The maximum Gasteiger partial charge on any atom is 0.128 e. The molecule has 2 aromatic heterocycles. The molecule has 0 bridgehead atoms. The number of benzene rings is 2. The van der Waals surface area contributed by atoms with Gasteiger partial charge in [0.1, 0.15) is 5.82 Å². The highest BCUT2D eigenvalue weighted by atomic mass is 15.2. The molecule has 0 aliphatic carbocycles. The number of aromatic nitrogens is 3. The summed E-state index contributed by atoms with van der Waals surface area (Å²) in [5.41, 5.74) is 9.46. The highest BCUT2D eigenvalue weighted by molar-refractivity contribution is 5.26. The minimum absolute atomic E-state index is 0.496. The van der Waals surface area contributed by atoms with Crippen LogP contribution in [-0.4, -0.2) is 63.0 Å². The van der Waals surface area contributed by atoms with Crippen LogP contribution in [0.1, 0.15) is 274 Å². The van der Waals surface area contributed by atoms with Gasteiger partial charge in [0.15, 0.2) is 0 Å². The van der Waals surface area contributed by atoms with Crippen molar-refractivity contribution >= 4 is 0 Å². The van der Waals surface area contributed by atoms with Gasteiger partial charge in [-0.3, -0.25) is 4.98 Å². The van der Waals surface area contributed by atoms with Crippen LogP contribution in [0.4, 0.5) is 0 Å². The predicted molar refractivity (Wildman–Crippen MR) is 347 cm³/mol. The molecule has 444 valence electrons. The number of nitrogens with zero attached hydrogens (tertiary/aromatic N) is 5. The summed E-state index contributed by atoms with van der Waals surface area (Å²) >= 11 is 0. The first kappa shape index (κ1) is 72.6. The zero-order chi connectivity index (χ0) is 59.1. The number of likely N-dealkylation sites (tertiary alicyclic amines) is 2. The summed E-state index contributed by atoms with van der Waals surface area (Å²) in [6.45, 7) is 59.6. The van der Waals surface area contributed by atoms with Gasteiger partial charge in [-0.15, -0.1) is 0 Å². The third kappa shape index (κ3) is 32.7. The maximum atomic E-state index is 4.64. The third-order valence-corrected chi connectivity index (χ3v) is 15.8. The SMILES string of the molecule is CC(C)C1CCN(C(C)C)C1.CC(C)C1CCN(C(C)C)CC1.CC(C)CCc1cccc(C(C)C)c1.CC(C)CCc1cccc(C(C)C)n1.CC(C)CCc1nccc(C(C)C)n1.CC(C)Cc1ccc(C(C)C)cc1. The van der Waals surface area contributed by atoms with E-state index >= 15 is 0 Å². The van der Waals surface area contributed by atoms with E-state index in [1.807, 2.05) is 12.3 Å². The number of hydrogen-bond acceptors (Lipinski definition) is 5. The molecule has 0 spiro atoms. The van der Waals surface area contributed by atoms with Crippen LogP contribution in [0.15, 0.2) is 79.0 Å². The van der Waals surface area contributed by atoms with Crippen molar-refractivity contribution in [2.45, 2.75) is 266 Å². The molecule has 1 atom stereocenters. The van der Waals surface area contributed by atoms with Gasteiger partial charge in [-0.2, -0.15) is 0 Å². The van der Waals surface area contributed by atoms with Crippen LogP contribution in [0.2, 0.25) is 0 Å². The summed E-state index contributed by atoms with van der Waals surface area (Å²) in [4.78, 5) is 18.6. The monoisotopic (exact) mass is 1070 g/mol. The van der Waals surface area contributed by atoms with Crippen molar-refractivity contribution < 1.29 is 0 Å². The molecular formula is C73H127N5.